The van der Waals surface area contributed by atoms with Gasteiger partial charge in [0.15, 0.2) is 6.23 Å². The number of carbonyl (C=O) groups excluding carboxylic acids is 1. The highest BCUT2D eigenvalue weighted by atomic mass is 35.5. The number of rotatable bonds is 7. The number of nitrogens with one attached hydrogen (secondary N) is 1. The summed E-state index contributed by atoms with van der Waals surface area (Å²) < 4.78 is 16.6. The third kappa shape index (κ3) is 5.55. The maximum Gasteiger partial charge on any atom is 0.326 e. The zero-order valence-corrected chi connectivity index (χ0v) is 15.2. The van der Waals surface area contributed by atoms with E-state index >= 15 is 0 Å². The van der Waals surface area contributed by atoms with Gasteiger partial charge >= 0.3 is 6.03 Å². The van der Waals surface area contributed by atoms with Gasteiger partial charge in [0.05, 0.1) is 12.7 Å². The first-order chi connectivity index (χ1) is 10.3. The molecule has 1 N–H and O–H groups in total. The molecule has 2 amide bonds. The fourth-order valence-electron chi connectivity index (χ4n) is 2.11. The van der Waals surface area contributed by atoms with Gasteiger partial charge < -0.3 is 19.5 Å². The van der Waals surface area contributed by atoms with Crippen molar-refractivity contribution in [1.82, 2.24) is 10.2 Å². The second kappa shape index (κ2) is 7.78. The molecule has 0 aromatic carbocycles. The summed E-state index contributed by atoms with van der Waals surface area (Å²) in [4.78, 5) is 13.5. The monoisotopic (exact) mass is 348 g/mol. The van der Waals surface area contributed by atoms with E-state index in [0.29, 0.717) is 25.0 Å². The van der Waals surface area contributed by atoms with Crippen LogP contribution in [0, 0.1) is 0 Å². The third-order valence-corrected chi connectivity index (χ3v) is 5.54. The highest BCUT2D eigenvalue weighted by Gasteiger charge is 2.29. The Morgan fingerprint density at radius 1 is 1.50 bits per heavy atom. The van der Waals surface area contributed by atoms with Crippen LogP contribution in [-0.2, 0) is 14.2 Å². The summed E-state index contributed by atoms with van der Waals surface area (Å²) in [5.74, 6) is 0. The van der Waals surface area contributed by atoms with E-state index in [1.54, 1.807) is 6.08 Å². The summed E-state index contributed by atoms with van der Waals surface area (Å²) in [5, 5.41) is 3.09. The van der Waals surface area contributed by atoms with Crippen molar-refractivity contribution in [3.8, 4) is 0 Å². The number of hydrogen-bond donors (Lipinski definition) is 1. The maximum atomic E-state index is 12.1. The van der Waals surface area contributed by atoms with Gasteiger partial charge in [-0.15, -0.1) is 0 Å². The van der Waals surface area contributed by atoms with Crippen molar-refractivity contribution in [2.45, 2.75) is 44.4 Å². The highest BCUT2D eigenvalue weighted by molar-refractivity contribution is 6.76. The number of amides is 2. The van der Waals surface area contributed by atoms with Crippen molar-refractivity contribution >= 4 is 25.7 Å². The van der Waals surface area contributed by atoms with Gasteiger partial charge in [-0.3, -0.25) is 4.90 Å². The second-order valence-electron chi connectivity index (χ2n) is 6.76. The van der Waals surface area contributed by atoms with E-state index in [0.717, 1.165) is 12.5 Å². The van der Waals surface area contributed by atoms with Gasteiger partial charge in [-0.05, 0) is 12.5 Å². The number of carbonyl (C=O) groups is 1. The van der Waals surface area contributed by atoms with Crippen molar-refractivity contribution in [3.63, 3.8) is 0 Å². The van der Waals surface area contributed by atoms with Crippen LogP contribution >= 0.6 is 11.6 Å². The molecule has 6 nitrogen and oxygen atoms in total. The van der Waals surface area contributed by atoms with Gasteiger partial charge in [-0.1, -0.05) is 31.2 Å². The maximum absolute atomic E-state index is 12.1. The number of nitrogens with zero attached hydrogens (tertiary/aromatic N) is 1. The first-order valence-electron chi connectivity index (χ1n) is 7.61. The molecule has 2 heterocycles. The van der Waals surface area contributed by atoms with Crippen LogP contribution in [0.25, 0.3) is 0 Å². The lowest BCUT2D eigenvalue weighted by molar-refractivity contribution is -0.0124. The van der Waals surface area contributed by atoms with E-state index in [1.807, 2.05) is 0 Å². The van der Waals surface area contributed by atoms with Crippen molar-refractivity contribution < 1.29 is 19.0 Å². The van der Waals surface area contributed by atoms with Gasteiger partial charge in [-0.25, -0.2) is 4.79 Å². The van der Waals surface area contributed by atoms with Crippen LogP contribution in [0.2, 0.25) is 25.7 Å². The Bertz CT molecular complexity index is 422. The van der Waals surface area contributed by atoms with E-state index in [-0.39, 0.29) is 18.9 Å². The van der Waals surface area contributed by atoms with E-state index in [4.69, 9.17) is 25.8 Å². The fourth-order valence-corrected chi connectivity index (χ4v) is 3.11. The smallest absolute Gasteiger partial charge is 0.326 e. The summed E-state index contributed by atoms with van der Waals surface area (Å²) in [6.07, 6.45) is 2.01. The Kier molecular flexibility index (Phi) is 6.28. The second-order valence-corrected chi connectivity index (χ2v) is 12.8. The molecule has 0 aromatic rings. The van der Waals surface area contributed by atoms with E-state index in [2.05, 4.69) is 25.0 Å². The van der Waals surface area contributed by atoms with Gasteiger partial charge in [-0.2, -0.15) is 0 Å². The molecule has 2 rings (SSSR count). The fraction of sp³-hybridized carbons (Fsp3) is 0.786. The minimum absolute atomic E-state index is 0.00515. The molecule has 2 unspecified atom stereocenters. The Balaban J connectivity index is 1.79. The number of urea groups is 1. The zero-order valence-electron chi connectivity index (χ0n) is 13.4. The lowest BCUT2D eigenvalue weighted by Gasteiger charge is -2.31. The van der Waals surface area contributed by atoms with Crippen LogP contribution in [-0.4, -0.2) is 57.9 Å². The number of halogens is 1. The van der Waals surface area contributed by atoms with Crippen LogP contribution in [0.3, 0.4) is 0 Å². The average molecular weight is 349 g/mol. The summed E-state index contributed by atoms with van der Waals surface area (Å²) in [5.41, 5.74) is 0. The first-order valence-corrected chi connectivity index (χ1v) is 11.7. The van der Waals surface area contributed by atoms with Crippen molar-refractivity contribution in [3.05, 3.63) is 11.2 Å². The third-order valence-electron chi connectivity index (χ3n) is 3.50. The molecule has 0 aromatic heterocycles. The van der Waals surface area contributed by atoms with Crippen LogP contribution in [0.1, 0.15) is 6.42 Å². The van der Waals surface area contributed by atoms with Gasteiger partial charge in [0.1, 0.15) is 11.9 Å². The van der Waals surface area contributed by atoms with Crippen molar-refractivity contribution in [2.75, 3.05) is 26.6 Å². The summed E-state index contributed by atoms with van der Waals surface area (Å²) in [6.45, 7) is 8.90. The highest BCUT2D eigenvalue weighted by Crippen LogP contribution is 2.19. The summed E-state index contributed by atoms with van der Waals surface area (Å²) in [6, 6.07) is 0.751. The van der Waals surface area contributed by atoms with Gasteiger partial charge in [0.25, 0.3) is 0 Å². The normalized spacial score (nSPS) is 26.1. The van der Waals surface area contributed by atoms with Crippen LogP contribution in [0.15, 0.2) is 11.2 Å². The molecule has 2 aliphatic heterocycles. The molecule has 0 radical (unpaired) electrons. The zero-order chi connectivity index (χ0) is 16.2. The molecule has 1 fully saturated rings. The predicted molar refractivity (Wildman–Crippen MR) is 87.4 cm³/mol. The molecule has 0 spiro atoms. The summed E-state index contributed by atoms with van der Waals surface area (Å²) in [7, 11) is -1.13. The van der Waals surface area contributed by atoms with Crippen molar-refractivity contribution in [2.24, 2.45) is 0 Å². The van der Waals surface area contributed by atoms with Crippen LogP contribution in [0.5, 0.6) is 0 Å². The Hall–Kier alpha value is -0.603. The number of hydrogen-bond acceptors (Lipinski definition) is 4. The van der Waals surface area contributed by atoms with E-state index < -0.39 is 14.3 Å². The van der Waals surface area contributed by atoms with Crippen LogP contribution in [0.4, 0.5) is 4.79 Å². The Morgan fingerprint density at radius 2 is 2.27 bits per heavy atom. The van der Waals surface area contributed by atoms with Crippen molar-refractivity contribution in [1.29, 1.82) is 0 Å². The molecule has 2 atom stereocenters. The van der Waals surface area contributed by atoms with Gasteiger partial charge in [0.2, 0.25) is 0 Å². The van der Waals surface area contributed by atoms with E-state index in [1.165, 1.54) is 4.90 Å². The van der Waals surface area contributed by atoms with Crippen LogP contribution < -0.4 is 5.32 Å². The number of ether oxygens (including phenoxy) is 3. The average Bonchev–Trinajstić information content (AvgIpc) is 2.88. The molecule has 126 valence electrons. The quantitative estimate of drug-likeness (QED) is 0.436. The van der Waals surface area contributed by atoms with Gasteiger partial charge in [0, 0.05) is 27.4 Å². The minimum atomic E-state index is -1.13. The molecule has 0 aliphatic carbocycles. The molecule has 1 saturated heterocycles. The lowest BCUT2D eigenvalue weighted by atomic mass is 10.3. The molecule has 0 saturated carbocycles. The lowest BCUT2D eigenvalue weighted by Crippen LogP contribution is -2.50. The molecular formula is C14H25ClN2O4Si. The largest absolute Gasteiger partial charge is 0.379 e. The predicted octanol–water partition coefficient (Wildman–Crippen LogP) is 2.54. The Morgan fingerprint density at radius 3 is 2.86 bits per heavy atom. The molecule has 8 heteroatoms. The molecular weight excluding hydrogens is 324 g/mol. The molecule has 0 bridgehead atoms. The molecule has 22 heavy (non-hydrogen) atoms. The molecule has 2 aliphatic rings. The topological polar surface area (TPSA) is 60.0 Å². The Labute approximate surface area is 137 Å². The summed E-state index contributed by atoms with van der Waals surface area (Å²) >= 11 is 6.17. The van der Waals surface area contributed by atoms with E-state index in [9.17, 15) is 4.79 Å². The minimum Gasteiger partial charge on any atom is -0.379 e. The standard InChI is InChI=1S/C14H25ClN2O4Si/c1-22(2,3)7-6-20-10-17-12(15)8-13(16-14(17)18)21-11-4-5-19-9-11/h8,11,13H,4-7,9-10H2,1-3H3,(H,16,18). The first kappa shape index (κ1) is 17.7. The SMILES string of the molecule is C[Si](C)(C)CCOCN1C(=O)NC(OC2CCOC2)C=C1Cl.